The van der Waals surface area contributed by atoms with Crippen LogP contribution < -0.4 is 0 Å². The van der Waals surface area contributed by atoms with Crippen LogP contribution in [0.2, 0.25) is 0 Å². The van der Waals surface area contributed by atoms with Crippen molar-refractivity contribution in [2.75, 3.05) is 0 Å². The molecule has 0 aliphatic rings. The van der Waals surface area contributed by atoms with Crippen LogP contribution in [0.4, 0.5) is 0 Å². The van der Waals surface area contributed by atoms with E-state index in [2.05, 4.69) is 34.6 Å². The van der Waals surface area contributed by atoms with Crippen molar-refractivity contribution in [1.29, 1.82) is 0 Å². The van der Waals surface area contributed by atoms with Gasteiger partial charge in [-0.1, -0.05) is 105 Å². The molecule has 2 N–H and O–H groups in total. The van der Waals surface area contributed by atoms with Gasteiger partial charge in [-0.2, -0.15) is 0 Å². The van der Waals surface area contributed by atoms with E-state index in [9.17, 15) is 14.7 Å². The van der Waals surface area contributed by atoms with Gasteiger partial charge in [0.15, 0.2) is 0 Å². The van der Waals surface area contributed by atoms with Crippen molar-refractivity contribution < 1.29 is 19.8 Å². The Hall–Kier alpha value is -1.06. The Kier molecular flexibility index (Phi) is 17.9. The van der Waals surface area contributed by atoms with Crippen LogP contribution in [-0.2, 0) is 9.59 Å². The summed E-state index contributed by atoms with van der Waals surface area (Å²) in [6.45, 7) is 11.1. The zero-order valence-corrected chi connectivity index (χ0v) is 21.2. The number of carbonyl (C=O) groups is 2. The molecule has 0 aliphatic carbocycles. The van der Waals surface area contributed by atoms with Crippen molar-refractivity contribution >= 4 is 11.9 Å². The van der Waals surface area contributed by atoms with Gasteiger partial charge in [-0.25, -0.2) is 0 Å². The predicted molar refractivity (Wildman–Crippen MR) is 130 cm³/mol. The molecule has 0 fully saturated rings. The molecular weight excluding hydrogens is 388 g/mol. The second-order valence-corrected chi connectivity index (χ2v) is 10.6. The van der Waals surface area contributed by atoms with Crippen molar-refractivity contribution in [2.45, 2.75) is 131 Å². The molecule has 0 rings (SSSR count). The summed E-state index contributed by atoms with van der Waals surface area (Å²) >= 11 is 0. The standard InChI is InChI=1S/C27H52O4/c1-21(2)17-19-24(23(5)25(27(30)31)20-18-22(3)4)15-13-11-9-7-6-8-10-12-14-16-26(28)29/h21-25H,6-20H2,1-5H3,(H,28,29)(H,30,31). The van der Waals surface area contributed by atoms with E-state index in [1.807, 2.05) is 0 Å². The van der Waals surface area contributed by atoms with E-state index < -0.39 is 11.9 Å². The van der Waals surface area contributed by atoms with Crippen LogP contribution in [0.15, 0.2) is 0 Å². The molecule has 3 atom stereocenters. The zero-order chi connectivity index (χ0) is 23.6. The fourth-order valence-electron chi connectivity index (χ4n) is 4.59. The van der Waals surface area contributed by atoms with E-state index in [1.165, 1.54) is 44.9 Å². The fourth-order valence-corrected chi connectivity index (χ4v) is 4.59. The summed E-state index contributed by atoms with van der Waals surface area (Å²) in [7, 11) is 0. The average molecular weight is 441 g/mol. The largest absolute Gasteiger partial charge is 0.481 e. The molecule has 0 saturated heterocycles. The van der Waals surface area contributed by atoms with E-state index in [0.29, 0.717) is 24.2 Å². The van der Waals surface area contributed by atoms with Crippen molar-refractivity contribution in [2.24, 2.45) is 29.6 Å². The molecule has 0 spiro atoms. The van der Waals surface area contributed by atoms with Gasteiger partial charge in [0, 0.05) is 6.42 Å². The van der Waals surface area contributed by atoms with Gasteiger partial charge in [0.2, 0.25) is 0 Å². The van der Waals surface area contributed by atoms with Crippen LogP contribution in [0.1, 0.15) is 131 Å². The molecule has 0 aromatic rings. The minimum absolute atomic E-state index is 0.208. The number of carboxylic acid groups (broad SMARTS) is 2. The lowest BCUT2D eigenvalue weighted by Crippen LogP contribution is -2.28. The molecule has 4 heteroatoms. The normalized spacial score (nSPS) is 14.7. The highest BCUT2D eigenvalue weighted by Crippen LogP contribution is 2.34. The van der Waals surface area contributed by atoms with Crippen LogP contribution >= 0.6 is 0 Å². The molecule has 0 saturated carbocycles. The Balaban J connectivity index is 4.27. The first-order chi connectivity index (χ1) is 14.6. The Labute approximate surface area is 192 Å². The monoisotopic (exact) mass is 440 g/mol. The van der Waals surface area contributed by atoms with Crippen molar-refractivity contribution in [1.82, 2.24) is 0 Å². The van der Waals surface area contributed by atoms with Gasteiger partial charge in [0.05, 0.1) is 5.92 Å². The summed E-state index contributed by atoms with van der Waals surface area (Å²) in [6, 6.07) is 0. The Morgan fingerprint density at radius 1 is 0.581 bits per heavy atom. The van der Waals surface area contributed by atoms with Gasteiger partial charge in [-0.3, -0.25) is 9.59 Å². The average Bonchev–Trinajstić information content (AvgIpc) is 2.67. The first kappa shape index (κ1) is 29.9. The maximum atomic E-state index is 11.9. The maximum absolute atomic E-state index is 11.9. The number of aliphatic carboxylic acids is 2. The highest BCUT2D eigenvalue weighted by molar-refractivity contribution is 5.70. The highest BCUT2D eigenvalue weighted by Gasteiger charge is 2.30. The second-order valence-electron chi connectivity index (χ2n) is 10.6. The van der Waals surface area contributed by atoms with Crippen LogP contribution in [0.5, 0.6) is 0 Å². The minimum atomic E-state index is -0.685. The molecule has 0 aromatic heterocycles. The Morgan fingerprint density at radius 2 is 1.03 bits per heavy atom. The Bertz CT molecular complexity index is 458. The van der Waals surface area contributed by atoms with Gasteiger partial charge in [-0.05, 0) is 42.9 Å². The first-order valence-corrected chi connectivity index (χ1v) is 13.1. The van der Waals surface area contributed by atoms with E-state index in [-0.39, 0.29) is 11.8 Å². The number of hydrogen-bond acceptors (Lipinski definition) is 2. The number of unbranched alkanes of at least 4 members (excludes halogenated alkanes) is 8. The maximum Gasteiger partial charge on any atom is 0.306 e. The van der Waals surface area contributed by atoms with Crippen LogP contribution in [0, 0.1) is 29.6 Å². The van der Waals surface area contributed by atoms with Crippen molar-refractivity contribution in [3.05, 3.63) is 0 Å². The van der Waals surface area contributed by atoms with Gasteiger partial charge in [0.25, 0.3) is 0 Å². The molecule has 3 unspecified atom stereocenters. The topological polar surface area (TPSA) is 74.6 Å². The van der Waals surface area contributed by atoms with E-state index in [0.717, 1.165) is 44.9 Å². The Morgan fingerprint density at radius 3 is 1.48 bits per heavy atom. The predicted octanol–water partition coefficient (Wildman–Crippen LogP) is 8.19. The lowest BCUT2D eigenvalue weighted by Gasteiger charge is -2.30. The molecule has 4 nitrogen and oxygen atoms in total. The van der Waals surface area contributed by atoms with Crippen molar-refractivity contribution in [3.63, 3.8) is 0 Å². The minimum Gasteiger partial charge on any atom is -0.481 e. The summed E-state index contributed by atoms with van der Waals surface area (Å²) < 4.78 is 0. The van der Waals surface area contributed by atoms with Crippen LogP contribution in [0.3, 0.4) is 0 Å². The highest BCUT2D eigenvalue weighted by atomic mass is 16.4. The van der Waals surface area contributed by atoms with Crippen LogP contribution in [0.25, 0.3) is 0 Å². The zero-order valence-electron chi connectivity index (χ0n) is 21.2. The lowest BCUT2D eigenvalue weighted by molar-refractivity contribution is -0.145. The van der Waals surface area contributed by atoms with E-state index in [4.69, 9.17) is 5.11 Å². The molecule has 0 heterocycles. The summed E-state index contributed by atoms with van der Waals surface area (Å²) in [6.07, 6.45) is 16.0. The molecule has 184 valence electrons. The summed E-state index contributed by atoms with van der Waals surface area (Å²) in [5, 5.41) is 18.5. The third-order valence-corrected chi connectivity index (χ3v) is 6.83. The van der Waals surface area contributed by atoms with Crippen molar-refractivity contribution in [3.8, 4) is 0 Å². The summed E-state index contributed by atoms with van der Waals surface area (Å²) in [5.41, 5.74) is 0. The number of hydrogen-bond donors (Lipinski definition) is 2. The fraction of sp³-hybridized carbons (Fsp3) is 0.926. The number of rotatable bonds is 21. The first-order valence-electron chi connectivity index (χ1n) is 13.1. The van der Waals surface area contributed by atoms with Gasteiger partial charge >= 0.3 is 11.9 Å². The molecule has 0 aromatic carbocycles. The summed E-state index contributed by atoms with van der Waals surface area (Å²) in [5.74, 6) is 0.498. The third kappa shape index (κ3) is 17.2. The molecule has 31 heavy (non-hydrogen) atoms. The third-order valence-electron chi connectivity index (χ3n) is 6.83. The quantitative estimate of drug-likeness (QED) is 0.176. The van der Waals surface area contributed by atoms with E-state index in [1.54, 1.807) is 0 Å². The van der Waals surface area contributed by atoms with Gasteiger partial charge in [0.1, 0.15) is 0 Å². The SMILES string of the molecule is CC(C)CCC(CCCCCCCCCCCC(=O)O)C(C)C(CCC(C)C)C(=O)O. The number of carboxylic acids is 2. The molecule has 0 aliphatic heterocycles. The smallest absolute Gasteiger partial charge is 0.306 e. The molecule has 0 radical (unpaired) electrons. The summed E-state index contributed by atoms with van der Waals surface area (Å²) in [4.78, 5) is 22.4. The van der Waals surface area contributed by atoms with Gasteiger partial charge < -0.3 is 10.2 Å². The second kappa shape index (κ2) is 18.5. The molecular formula is C27H52O4. The molecule has 0 amide bonds. The molecule has 0 bridgehead atoms. The van der Waals surface area contributed by atoms with E-state index >= 15 is 0 Å². The lowest BCUT2D eigenvalue weighted by atomic mass is 9.75. The van der Waals surface area contributed by atoms with Gasteiger partial charge in [-0.15, -0.1) is 0 Å². The van der Waals surface area contributed by atoms with Crippen LogP contribution in [-0.4, -0.2) is 22.2 Å².